The number of carbonyl (C=O) groups is 3. The van der Waals surface area contributed by atoms with Gasteiger partial charge in [-0.05, 0) is 55.2 Å². The molecule has 1 heterocycles. The van der Waals surface area contributed by atoms with Crippen LogP contribution in [0.15, 0.2) is 60.7 Å². The molecule has 0 saturated carbocycles. The van der Waals surface area contributed by atoms with Gasteiger partial charge in [0, 0.05) is 24.2 Å². The molecule has 0 bridgehead atoms. The van der Waals surface area contributed by atoms with Gasteiger partial charge in [-0.15, -0.1) is 0 Å². The predicted molar refractivity (Wildman–Crippen MR) is 144 cm³/mol. The molecule has 40 heavy (non-hydrogen) atoms. The zero-order valence-corrected chi connectivity index (χ0v) is 21.6. The van der Waals surface area contributed by atoms with E-state index in [1.54, 1.807) is 29.2 Å². The third-order valence-electron chi connectivity index (χ3n) is 6.67. The number of rotatable bonds is 9. The normalized spacial score (nSPS) is 14.4. The van der Waals surface area contributed by atoms with E-state index in [2.05, 4.69) is 10.6 Å². The minimum Gasteiger partial charge on any atom is -0.495 e. The number of nitro groups is 1. The van der Waals surface area contributed by atoms with Crippen molar-refractivity contribution in [1.82, 2.24) is 4.90 Å². The number of para-hydroxylation sites is 1. The second kappa shape index (κ2) is 12.2. The maximum absolute atomic E-state index is 13.8. The van der Waals surface area contributed by atoms with Crippen LogP contribution in [0.2, 0.25) is 0 Å². The average Bonchev–Trinajstić information content (AvgIpc) is 3.39. The molecule has 1 aliphatic heterocycles. The number of likely N-dealkylation sites (tertiary alicyclic amines) is 1. The fraction of sp³-hybridized carbons (Fsp3) is 0.250. The number of carboxylic acids is 1. The summed E-state index contributed by atoms with van der Waals surface area (Å²) in [5.74, 6) is -1.70. The van der Waals surface area contributed by atoms with Crippen molar-refractivity contribution in [2.75, 3.05) is 24.3 Å². The summed E-state index contributed by atoms with van der Waals surface area (Å²) in [4.78, 5) is 49.5. The summed E-state index contributed by atoms with van der Waals surface area (Å²) < 4.78 is 19.2. The second-order valence-corrected chi connectivity index (χ2v) is 9.26. The van der Waals surface area contributed by atoms with E-state index in [1.807, 2.05) is 0 Å². The monoisotopic (exact) mass is 550 g/mol. The zero-order chi connectivity index (χ0) is 28.8. The summed E-state index contributed by atoms with van der Waals surface area (Å²) in [5, 5.41) is 25.8. The van der Waals surface area contributed by atoms with E-state index in [9.17, 15) is 28.9 Å². The molecule has 3 aromatic rings. The van der Waals surface area contributed by atoms with Gasteiger partial charge >= 0.3 is 12.0 Å². The van der Waals surface area contributed by atoms with Gasteiger partial charge in [0.15, 0.2) is 0 Å². The van der Waals surface area contributed by atoms with E-state index in [4.69, 9.17) is 9.84 Å². The molecule has 1 aliphatic rings. The van der Waals surface area contributed by atoms with Crippen molar-refractivity contribution in [2.45, 2.75) is 31.7 Å². The number of aromatic carboxylic acids is 1. The van der Waals surface area contributed by atoms with Crippen LogP contribution >= 0.6 is 0 Å². The minimum atomic E-state index is -1.25. The lowest BCUT2D eigenvalue weighted by Gasteiger charge is -2.25. The molecular weight excluding hydrogens is 523 g/mol. The highest BCUT2D eigenvalue weighted by molar-refractivity contribution is 6.00. The van der Waals surface area contributed by atoms with E-state index < -0.39 is 22.7 Å². The van der Waals surface area contributed by atoms with Crippen LogP contribution in [-0.2, 0) is 17.6 Å². The molecule has 1 saturated heterocycles. The van der Waals surface area contributed by atoms with Gasteiger partial charge in [0.25, 0.3) is 5.69 Å². The van der Waals surface area contributed by atoms with Crippen molar-refractivity contribution in [3.63, 3.8) is 0 Å². The molecular formula is C28H27FN4O7. The topological polar surface area (TPSA) is 151 Å². The number of nitrogens with zero attached hydrogens (tertiary/aromatic N) is 2. The Bertz CT molecular complexity index is 1460. The Morgan fingerprint density at radius 3 is 2.55 bits per heavy atom. The molecule has 11 nitrogen and oxygen atoms in total. The fourth-order valence-corrected chi connectivity index (χ4v) is 4.73. The van der Waals surface area contributed by atoms with E-state index in [0.29, 0.717) is 35.5 Å². The molecule has 0 aromatic heterocycles. The average molecular weight is 551 g/mol. The summed E-state index contributed by atoms with van der Waals surface area (Å²) in [7, 11) is 1.42. The van der Waals surface area contributed by atoms with Crippen molar-refractivity contribution in [3.8, 4) is 5.75 Å². The fourth-order valence-electron chi connectivity index (χ4n) is 4.73. The van der Waals surface area contributed by atoms with Crippen LogP contribution in [0.1, 0.15) is 34.3 Å². The van der Waals surface area contributed by atoms with E-state index in [1.165, 1.54) is 37.4 Å². The van der Waals surface area contributed by atoms with Gasteiger partial charge in [-0.3, -0.25) is 14.9 Å². The lowest BCUT2D eigenvalue weighted by molar-refractivity contribution is -0.385. The van der Waals surface area contributed by atoms with Gasteiger partial charge in [-0.2, -0.15) is 0 Å². The van der Waals surface area contributed by atoms with E-state index in [0.717, 1.165) is 12.5 Å². The van der Waals surface area contributed by atoms with Crippen LogP contribution < -0.4 is 15.4 Å². The first-order valence-corrected chi connectivity index (χ1v) is 12.5. The molecule has 0 radical (unpaired) electrons. The minimum absolute atomic E-state index is 0.0181. The van der Waals surface area contributed by atoms with Crippen molar-refractivity contribution < 1.29 is 33.5 Å². The summed E-state index contributed by atoms with van der Waals surface area (Å²) in [6.07, 6.45) is 1.66. The SMILES string of the molecule is COc1cc(CC(=O)N2CCCC2Cc2ccc(C(=O)O)cc2[N+](=O)[O-])ccc1NC(=O)Nc1ccccc1F. The van der Waals surface area contributed by atoms with E-state index in [-0.39, 0.29) is 41.7 Å². The highest BCUT2D eigenvalue weighted by Gasteiger charge is 2.31. The van der Waals surface area contributed by atoms with Crippen molar-refractivity contribution >= 4 is 35.0 Å². The Morgan fingerprint density at radius 2 is 1.85 bits per heavy atom. The number of carbonyl (C=O) groups excluding carboxylic acids is 2. The number of ether oxygens (including phenoxy) is 1. The molecule has 0 aliphatic carbocycles. The van der Waals surface area contributed by atoms with Gasteiger partial charge in [0.2, 0.25) is 5.91 Å². The molecule has 1 unspecified atom stereocenters. The number of halogens is 1. The zero-order valence-electron chi connectivity index (χ0n) is 21.6. The molecule has 0 spiro atoms. The third-order valence-corrected chi connectivity index (χ3v) is 6.67. The molecule has 1 fully saturated rings. The van der Waals surface area contributed by atoms with Gasteiger partial charge in [-0.25, -0.2) is 14.0 Å². The molecule has 208 valence electrons. The maximum Gasteiger partial charge on any atom is 0.335 e. The van der Waals surface area contributed by atoms with Gasteiger partial charge in [0.1, 0.15) is 11.6 Å². The van der Waals surface area contributed by atoms with Crippen LogP contribution in [0.4, 0.5) is 26.2 Å². The summed E-state index contributed by atoms with van der Waals surface area (Å²) in [6, 6.07) is 13.5. The van der Waals surface area contributed by atoms with Gasteiger partial charge in [0.05, 0.1) is 35.4 Å². The largest absolute Gasteiger partial charge is 0.495 e. The number of hydrogen-bond donors (Lipinski definition) is 3. The smallest absolute Gasteiger partial charge is 0.335 e. The van der Waals surface area contributed by atoms with Crippen LogP contribution in [0.3, 0.4) is 0 Å². The first-order valence-electron chi connectivity index (χ1n) is 12.5. The quantitative estimate of drug-likeness (QED) is 0.254. The van der Waals surface area contributed by atoms with Gasteiger partial charge < -0.3 is 25.4 Å². The number of hydrogen-bond acceptors (Lipinski definition) is 6. The standard InChI is InChI=1S/C28H27FN4O7/c1-40-25-13-17(8-11-23(25)31-28(37)30-22-7-3-2-6-21(22)29)14-26(34)32-12-4-5-20(32)15-18-9-10-19(27(35)36)16-24(18)33(38)39/h2-3,6-11,13,16,20H,4-5,12,14-15H2,1H3,(H,35,36)(H2,30,31,37). The molecule has 3 amide bonds. The molecule has 4 rings (SSSR count). The maximum atomic E-state index is 13.8. The summed E-state index contributed by atoms with van der Waals surface area (Å²) in [6.45, 7) is 0.498. The van der Waals surface area contributed by atoms with Crippen LogP contribution in [0, 0.1) is 15.9 Å². The van der Waals surface area contributed by atoms with Crippen molar-refractivity contribution in [3.05, 3.63) is 93.3 Å². The van der Waals surface area contributed by atoms with Crippen LogP contribution in [-0.4, -0.2) is 52.5 Å². The number of anilines is 2. The number of urea groups is 1. The third kappa shape index (κ3) is 6.52. The van der Waals surface area contributed by atoms with E-state index >= 15 is 0 Å². The Hall–Kier alpha value is -5.00. The molecule has 1 atom stereocenters. The molecule has 3 aromatic carbocycles. The Labute approximate surface area is 228 Å². The molecule has 3 N–H and O–H groups in total. The highest BCUT2D eigenvalue weighted by Crippen LogP contribution is 2.30. The highest BCUT2D eigenvalue weighted by atomic mass is 19.1. The van der Waals surface area contributed by atoms with Gasteiger partial charge in [-0.1, -0.05) is 24.3 Å². The first kappa shape index (κ1) is 28.0. The number of nitro benzene ring substituents is 1. The lowest BCUT2D eigenvalue weighted by Crippen LogP contribution is -2.37. The van der Waals surface area contributed by atoms with Crippen molar-refractivity contribution in [2.24, 2.45) is 0 Å². The summed E-state index contributed by atoms with van der Waals surface area (Å²) >= 11 is 0. The second-order valence-electron chi connectivity index (χ2n) is 9.26. The lowest BCUT2D eigenvalue weighted by atomic mass is 10.00. The number of methoxy groups -OCH3 is 1. The predicted octanol–water partition coefficient (Wildman–Crippen LogP) is 4.86. The summed E-state index contributed by atoms with van der Waals surface area (Å²) in [5.41, 5.74) is 0.875. The first-order chi connectivity index (χ1) is 19.2. The van der Waals surface area contributed by atoms with Crippen molar-refractivity contribution in [1.29, 1.82) is 0 Å². The Balaban J connectivity index is 1.43. The number of benzene rings is 3. The Morgan fingerprint density at radius 1 is 1.10 bits per heavy atom. The Kier molecular flexibility index (Phi) is 8.57. The van der Waals surface area contributed by atoms with Crippen LogP contribution in [0.25, 0.3) is 0 Å². The number of carboxylic acid groups (broad SMARTS) is 1. The van der Waals surface area contributed by atoms with Crippen LogP contribution in [0.5, 0.6) is 5.75 Å². The number of amides is 3. The molecule has 12 heteroatoms. The number of nitrogens with one attached hydrogen (secondary N) is 2.